The second-order valence-corrected chi connectivity index (χ2v) is 4.26. The Morgan fingerprint density at radius 1 is 1.45 bits per heavy atom. The van der Waals surface area contributed by atoms with Crippen LogP contribution in [0.3, 0.4) is 0 Å². The zero-order valence-electron chi connectivity index (χ0n) is 10.3. The van der Waals surface area contributed by atoms with E-state index in [9.17, 15) is 13.2 Å². The summed E-state index contributed by atoms with van der Waals surface area (Å²) in [4.78, 5) is 3.64. The first-order valence-corrected chi connectivity index (χ1v) is 5.78. The van der Waals surface area contributed by atoms with E-state index in [-0.39, 0.29) is 17.6 Å². The maximum atomic E-state index is 13.0. The first-order chi connectivity index (χ1) is 9.34. The average Bonchev–Trinajstić information content (AvgIpc) is 2.69. The molecule has 9 heteroatoms. The van der Waals surface area contributed by atoms with E-state index in [0.717, 1.165) is 16.9 Å². The third-order valence-corrected chi connectivity index (χ3v) is 2.75. The van der Waals surface area contributed by atoms with Gasteiger partial charge in [0.2, 0.25) is 0 Å². The van der Waals surface area contributed by atoms with Crippen LogP contribution in [0.4, 0.5) is 19.0 Å². The Kier molecular flexibility index (Phi) is 3.87. The molecule has 2 aromatic heterocycles. The van der Waals surface area contributed by atoms with Crippen LogP contribution in [-0.4, -0.2) is 21.9 Å². The van der Waals surface area contributed by atoms with Crippen LogP contribution in [0.15, 0.2) is 18.3 Å². The van der Waals surface area contributed by atoms with Crippen molar-refractivity contribution in [3.8, 4) is 5.69 Å². The molecule has 2 heterocycles. The van der Waals surface area contributed by atoms with Gasteiger partial charge in [0.15, 0.2) is 5.15 Å². The monoisotopic (exact) mass is 306 g/mol. The summed E-state index contributed by atoms with van der Waals surface area (Å²) in [6.45, 7) is 0.121. The molecule has 0 unspecified atom stereocenters. The van der Waals surface area contributed by atoms with Crippen LogP contribution >= 0.6 is 11.6 Å². The molecule has 0 aliphatic rings. The SMILES string of the molecule is COCc1cc(N)n(-c2c(C(F)(F)F)ccnc2Cl)n1. The molecule has 2 N–H and O–H groups in total. The summed E-state index contributed by atoms with van der Waals surface area (Å²) in [5.41, 5.74) is 4.70. The summed E-state index contributed by atoms with van der Waals surface area (Å²) in [5, 5.41) is 3.61. The van der Waals surface area contributed by atoms with Gasteiger partial charge in [-0.05, 0) is 6.07 Å². The van der Waals surface area contributed by atoms with Crippen molar-refractivity contribution < 1.29 is 17.9 Å². The number of nitrogens with zero attached hydrogens (tertiary/aromatic N) is 3. The molecule has 0 saturated heterocycles. The van der Waals surface area contributed by atoms with Gasteiger partial charge < -0.3 is 10.5 Å². The summed E-state index contributed by atoms with van der Waals surface area (Å²) >= 11 is 5.77. The molecule has 20 heavy (non-hydrogen) atoms. The van der Waals surface area contributed by atoms with Crippen LogP contribution in [-0.2, 0) is 17.5 Å². The number of anilines is 1. The lowest BCUT2D eigenvalue weighted by Crippen LogP contribution is -2.14. The minimum absolute atomic E-state index is 0.0115. The van der Waals surface area contributed by atoms with E-state index in [0.29, 0.717) is 5.69 Å². The lowest BCUT2D eigenvalue weighted by Gasteiger charge is -2.14. The van der Waals surface area contributed by atoms with E-state index in [4.69, 9.17) is 22.1 Å². The highest BCUT2D eigenvalue weighted by Gasteiger charge is 2.36. The molecular weight excluding hydrogens is 297 g/mol. The van der Waals surface area contributed by atoms with Crippen LogP contribution in [0.25, 0.3) is 5.69 Å². The number of ether oxygens (including phenoxy) is 1. The van der Waals surface area contributed by atoms with Crippen molar-refractivity contribution in [3.63, 3.8) is 0 Å². The molecule has 0 aromatic carbocycles. The summed E-state index contributed by atoms with van der Waals surface area (Å²) in [6.07, 6.45) is -3.62. The van der Waals surface area contributed by atoms with Crippen molar-refractivity contribution in [1.29, 1.82) is 0 Å². The molecule has 0 aliphatic carbocycles. The zero-order valence-corrected chi connectivity index (χ0v) is 11.0. The van der Waals surface area contributed by atoms with Gasteiger partial charge in [0.25, 0.3) is 0 Å². The van der Waals surface area contributed by atoms with Gasteiger partial charge in [-0.15, -0.1) is 0 Å². The van der Waals surface area contributed by atoms with E-state index in [2.05, 4.69) is 10.1 Å². The van der Waals surface area contributed by atoms with Crippen LogP contribution < -0.4 is 5.73 Å². The number of hydrogen-bond donors (Lipinski definition) is 1. The summed E-state index contributed by atoms with van der Waals surface area (Å²) < 4.78 is 44.8. The molecule has 0 radical (unpaired) electrons. The molecule has 0 fully saturated rings. The van der Waals surface area contributed by atoms with Crippen molar-refractivity contribution in [2.75, 3.05) is 12.8 Å². The molecule has 2 rings (SSSR count). The molecular formula is C11H10ClF3N4O. The Morgan fingerprint density at radius 2 is 2.15 bits per heavy atom. The number of alkyl halides is 3. The van der Waals surface area contributed by atoms with Gasteiger partial charge in [-0.2, -0.15) is 18.3 Å². The van der Waals surface area contributed by atoms with E-state index in [1.807, 2.05) is 0 Å². The van der Waals surface area contributed by atoms with E-state index >= 15 is 0 Å². The number of hydrogen-bond acceptors (Lipinski definition) is 4. The Bertz CT molecular complexity index is 627. The average molecular weight is 307 g/mol. The van der Waals surface area contributed by atoms with Crippen molar-refractivity contribution in [2.24, 2.45) is 0 Å². The van der Waals surface area contributed by atoms with Gasteiger partial charge in [0.05, 0.1) is 17.9 Å². The summed E-state index contributed by atoms with van der Waals surface area (Å²) in [5.74, 6) is 0.0115. The van der Waals surface area contributed by atoms with E-state index in [1.165, 1.54) is 13.2 Å². The number of nitrogen functional groups attached to an aromatic ring is 1. The number of pyridine rings is 1. The van der Waals surface area contributed by atoms with Gasteiger partial charge in [0.1, 0.15) is 11.5 Å². The van der Waals surface area contributed by atoms with Gasteiger partial charge in [0, 0.05) is 19.4 Å². The number of rotatable bonds is 3. The Morgan fingerprint density at radius 3 is 2.75 bits per heavy atom. The zero-order chi connectivity index (χ0) is 14.9. The lowest BCUT2D eigenvalue weighted by atomic mass is 10.2. The van der Waals surface area contributed by atoms with Crippen LogP contribution in [0.1, 0.15) is 11.3 Å². The quantitative estimate of drug-likeness (QED) is 0.885. The number of aromatic nitrogens is 3. The molecule has 0 spiro atoms. The molecule has 0 saturated carbocycles. The minimum atomic E-state index is -4.60. The maximum Gasteiger partial charge on any atom is 0.418 e. The molecule has 5 nitrogen and oxygen atoms in total. The first-order valence-electron chi connectivity index (χ1n) is 5.40. The highest BCUT2D eigenvalue weighted by Crippen LogP contribution is 2.36. The van der Waals surface area contributed by atoms with E-state index in [1.54, 1.807) is 0 Å². The van der Waals surface area contributed by atoms with Crippen molar-refractivity contribution in [3.05, 3.63) is 34.7 Å². The third kappa shape index (κ3) is 2.70. The van der Waals surface area contributed by atoms with E-state index < -0.39 is 17.4 Å². The maximum absolute atomic E-state index is 13.0. The standard InChI is InChI=1S/C11H10ClF3N4O/c1-20-5-6-4-8(16)19(18-6)9-7(11(13,14)15)2-3-17-10(9)12/h2-4H,5,16H2,1H3. The van der Waals surface area contributed by atoms with Crippen LogP contribution in [0, 0.1) is 0 Å². The largest absolute Gasteiger partial charge is 0.418 e. The molecule has 0 atom stereocenters. The fourth-order valence-electron chi connectivity index (χ4n) is 1.70. The fourth-order valence-corrected chi connectivity index (χ4v) is 1.94. The first kappa shape index (κ1) is 14.6. The summed E-state index contributed by atoms with van der Waals surface area (Å²) in [6, 6.07) is 2.23. The molecule has 0 aliphatic heterocycles. The highest BCUT2D eigenvalue weighted by atomic mass is 35.5. The number of nitrogens with two attached hydrogens (primary N) is 1. The lowest BCUT2D eigenvalue weighted by molar-refractivity contribution is -0.137. The third-order valence-electron chi connectivity index (χ3n) is 2.48. The minimum Gasteiger partial charge on any atom is -0.384 e. The predicted molar refractivity (Wildman–Crippen MR) is 66.5 cm³/mol. The molecule has 108 valence electrons. The second kappa shape index (κ2) is 5.29. The second-order valence-electron chi connectivity index (χ2n) is 3.90. The number of methoxy groups -OCH3 is 1. The number of halogens is 4. The Balaban J connectivity index is 2.63. The summed E-state index contributed by atoms with van der Waals surface area (Å²) in [7, 11) is 1.44. The predicted octanol–water partition coefficient (Wildman–Crippen LogP) is 2.67. The van der Waals surface area contributed by atoms with Gasteiger partial charge in [-0.25, -0.2) is 9.67 Å². The highest BCUT2D eigenvalue weighted by molar-refractivity contribution is 6.31. The molecule has 2 aromatic rings. The Labute approximate surface area is 117 Å². The van der Waals surface area contributed by atoms with Crippen LogP contribution in [0.2, 0.25) is 5.15 Å². The van der Waals surface area contributed by atoms with Gasteiger partial charge >= 0.3 is 6.18 Å². The molecule has 0 bridgehead atoms. The van der Waals surface area contributed by atoms with Gasteiger partial charge in [-0.1, -0.05) is 11.6 Å². The molecule has 0 amide bonds. The smallest absolute Gasteiger partial charge is 0.384 e. The topological polar surface area (TPSA) is 66.0 Å². The normalized spacial score (nSPS) is 11.8. The fraction of sp³-hybridized carbons (Fsp3) is 0.273. The van der Waals surface area contributed by atoms with Crippen molar-refractivity contribution in [2.45, 2.75) is 12.8 Å². The van der Waals surface area contributed by atoms with Gasteiger partial charge in [-0.3, -0.25) is 0 Å². The Hall–Kier alpha value is -1.80. The van der Waals surface area contributed by atoms with Crippen molar-refractivity contribution >= 4 is 17.4 Å². The van der Waals surface area contributed by atoms with Crippen molar-refractivity contribution in [1.82, 2.24) is 14.8 Å². The van der Waals surface area contributed by atoms with Crippen LogP contribution in [0.5, 0.6) is 0 Å².